The average Bonchev–Trinajstić information content (AvgIpc) is 2.99. The van der Waals surface area contributed by atoms with Crippen LogP contribution >= 0.6 is 0 Å². The molecule has 256 valence electrons. The molecule has 8 heteroatoms. The van der Waals surface area contributed by atoms with Gasteiger partial charge in [-0.2, -0.15) is 20.0 Å². The van der Waals surface area contributed by atoms with Crippen molar-refractivity contribution in [3.8, 4) is 0 Å². The van der Waals surface area contributed by atoms with Crippen molar-refractivity contribution in [2.24, 2.45) is 0 Å². The number of nitrogens with zero attached hydrogens (tertiary/aromatic N) is 7. The van der Waals surface area contributed by atoms with Crippen LogP contribution in [0.5, 0.6) is 0 Å². The van der Waals surface area contributed by atoms with Gasteiger partial charge in [-0.3, -0.25) is 9.74 Å². The molecule has 2 rings (SSSR count). The second-order valence-corrected chi connectivity index (χ2v) is 14.5. The number of hydrogen-bond donors (Lipinski definition) is 0. The molecule has 2 heterocycles. The monoisotopic (exact) mass is 618 g/mol. The molecule has 0 aromatic carbocycles. The van der Waals surface area contributed by atoms with Crippen LogP contribution in [0.4, 0.5) is 11.9 Å². The van der Waals surface area contributed by atoms with Crippen LogP contribution in [0, 0.1) is 0 Å². The Hall–Kier alpha value is -1.51. The molecular weight excluding hydrogens is 546 g/mol. The zero-order valence-corrected chi connectivity index (χ0v) is 31.1. The van der Waals surface area contributed by atoms with E-state index in [0.29, 0.717) is 6.04 Å². The largest absolute Gasteiger partial charge is 0.341 e. The summed E-state index contributed by atoms with van der Waals surface area (Å²) < 4.78 is 0. The molecule has 0 saturated carbocycles. The molecule has 1 aromatic rings. The van der Waals surface area contributed by atoms with Crippen molar-refractivity contribution in [3.05, 3.63) is 5.82 Å². The number of unbranched alkanes of at least 4 members (excludes halogenated alkanes) is 3. The van der Waals surface area contributed by atoms with E-state index in [4.69, 9.17) is 19.8 Å². The fourth-order valence-electron chi connectivity index (χ4n) is 7.37. The maximum Gasteiger partial charge on any atom is 0.230 e. The third-order valence-corrected chi connectivity index (χ3v) is 9.82. The molecule has 0 atom stereocenters. The van der Waals surface area contributed by atoms with Crippen molar-refractivity contribution < 1.29 is 4.84 Å². The fourth-order valence-corrected chi connectivity index (χ4v) is 7.37. The maximum absolute atomic E-state index is 6.39. The molecule has 0 unspecified atom stereocenters. The second kappa shape index (κ2) is 18.0. The number of aromatic nitrogens is 3. The minimum atomic E-state index is -0.292. The maximum atomic E-state index is 6.39. The van der Waals surface area contributed by atoms with E-state index >= 15 is 0 Å². The lowest BCUT2D eigenvalue weighted by molar-refractivity contribution is -0.290. The van der Waals surface area contributed by atoms with E-state index in [1.54, 1.807) is 0 Å². The van der Waals surface area contributed by atoms with Crippen LogP contribution in [-0.4, -0.2) is 81.9 Å². The molecule has 44 heavy (non-hydrogen) atoms. The van der Waals surface area contributed by atoms with Gasteiger partial charge in [-0.25, -0.2) is 0 Å². The van der Waals surface area contributed by atoms with E-state index in [1.807, 2.05) is 0 Å². The summed E-state index contributed by atoms with van der Waals surface area (Å²) in [4.78, 5) is 30.0. The number of rotatable bonds is 21. The molecule has 0 spiro atoms. The Bertz CT molecular complexity index is 922. The molecule has 1 saturated heterocycles. The van der Waals surface area contributed by atoms with E-state index in [2.05, 4.69) is 103 Å². The third-order valence-electron chi connectivity index (χ3n) is 9.82. The van der Waals surface area contributed by atoms with E-state index < -0.39 is 0 Å². The summed E-state index contributed by atoms with van der Waals surface area (Å²) in [7, 11) is 2.34. The van der Waals surface area contributed by atoms with Gasteiger partial charge >= 0.3 is 0 Å². The zero-order valence-electron chi connectivity index (χ0n) is 31.1. The van der Waals surface area contributed by atoms with Crippen LogP contribution in [0.2, 0.25) is 0 Å². The van der Waals surface area contributed by atoms with E-state index in [9.17, 15) is 0 Å². The van der Waals surface area contributed by atoms with Crippen molar-refractivity contribution in [2.45, 2.75) is 176 Å². The average molecular weight is 618 g/mol. The third kappa shape index (κ3) is 9.51. The summed E-state index contributed by atoms with van der Waals surface area (Å²) in [5.41, 5.74) is -0.471. The Labute approximate surface area is 272 Å². The van der Waals surface area contributed by atoms with Crippen molar-refractivity contribution in [3.63, 3.8) is 0 Å². The second-order valence-electron chi connectivity index (χ2n) is 14.5. The van der Waals surface area contributed by atoms with Gasteiger partial charge in [0, 0.05) is 43.3 Å². The summed E-state index contributed by atoms with van der Waals surface area (Å²) in [6.45, 7) is 30.0. The molecule has 1 aliphatic rings. The molecule has 8 nitrogen and oxygen atoms in total. The van der Waals surface area contributed by atoms with E-state index in [-0.39, 0.29) is 16.6 Å². The summed E-state index contributed by atoms with van der Waals surface area (Å²) in [5, 5.41) is 2.29. The van der Waals surface area contributed by atoms with Gasteiger partial charge in [-0.1, -0.05) is 67.7 Å². The Morgan fingerprint density at radius 1 is 0.682 bits per heavy atom. The number of hydroxylamine groups is 2. The highest BCUT2D eigenvalue weighted by Gasteiger charge is 2.51. The van der Waals surface area contributed by atoms with Gasteiger partial charge in [0.2, 0.25) is 11.9 Å². The Kier molecular flexibility index (Phi) is 15.8. The summed E-state index contributed by atoms with van der Waals surface area (Å²) in [5.74, 6) is 2.68. The van der Waals surface area contributed by atoms with Gasteiger partial charge in [0.05, 0.1) is 12.1 Å². The van der Waals surface area contributed by atoms with Crippen LogP contribution in [0.3, 0.4) is 0 Å². The van der Waals surface area contributed by atoms with Gasteiger partial charge in [-0.05, 0) is 92.5 Å². The number of anilines is 2. The lowest BCUT2D eigenvalue weighted by atomic mass is 9.76. The molecule has 0 radical (unpaired) electrons. The number of hydrogen-bond acceptors (Lipinski definition) is 8. The van der Waals surface area contributed by atoms with Gasteiger partial charge in [-0.15, -0.1) is 0 Å². The first-order valence-corrected chi connectivity index (χ1v) is 18.3. The lowest BCUT2D eigenvalue weighted by Crippen LogP contribution is -2.65. The highest BCUT2D eigenvalue weighted by atomic mass is 16.7. The zero-order chi connectivity index (χ0) is 33.0. The first-order chi connectivity index (χ1) is 20.9. The molecular formula is C36H71N7O. The molecule has 0 bridgehead atoms. The Morgan fingerprint density at radius 3 is 1.52 bits per heavy atom. The van der Waals surface area contributed by atoms with Crippen molar-refractivity contribution in [1.82, 2.24) is 24.9 Å². The normalized spacial score (nSPS) is 17.4. The molecule has 0 N–H and O–H groups in total. The Balaban J connectivity index is 2.69. The van der Waals surface area contributed by atoms with Gasteiger partial charge in [0.15, 0.2) is 5.82 Å². The molecule has 1 fully saturated rings. The predicted molar refractivity (Wildman–Crippen MR) is 189 cm³/mol. The topological polar surface area (TPSA) is 60.9 Å². The number of piperidine rings is 1. The SMILES string of the molecule is CCCCN(CCC)c1nc(N(CCCC)CCCC)nc(C(CC)(CC)N(C)C2CC(C)(C)N(OCCC)C(C)(C)C2)n1. The molecule has 0 aliphatic carbocycles. The fraction of sp³-hybridized carbons (Fsp3) is 0.917. The quantitative estimate of drug-likeness (QED) is 0.136. The Morgan fingerprint density at radius 2 is 1.14 bits per heavy atom. The van der Waals surface area contributed by atoms with Gasteiger partial charge < -0.3 is 9.80 Å². The minimum Gasteiger partial charge on any atom is -0.341 e. The van der Waals surface area contributed by atoms with Crippen LogP contribution in [0.15, 0.2) is 0 Å². The first kappa shape index (κ1) is 38.7. The summed E-state index contributed by atoms with van der Waals surface area (Å²) >= 11 is 0. The van der Waals surface area contributed by atoms with Crippen LogP contribution < -0.4 is 9.80 Å². The van der Waals surface area contributed by atoms with Crippen LogP contribution in [-0.2, 0) is 10.4 Å². The van der Waals surface area contributed by atoms with Crippen molar-refractivity contribution in [2.75, 3.05) is 49.6 Å². The van der Waals surface area contributed by atoms with Crippen LogP contribution in [0.25, 0.3) is 0 Å². The highest BCUT2D eigenvalue weighted by Crippen LogP contribution is 2.45. The van der Waals surface area contributed by atoms with Gasteiger partial charge in [0.25, 0.3) is 0 Å². The highest BCUT2D eigenvalue weighted by molar-refractivity contribution is 5.40. The summed E-state index contributed by atoms with van der Waals surface area (Å²) in [6.07, 6.45) is 13.0. The lowest BCUT2D eigenvalue weighted by Gasteiger charge is -2.57. The molecule has 0 amide bonds. The van der Waals surface area contributed by atoms with Crippen molar-refractivity contribution >= 4 is 11.9 Å². The predicted octanol–water partition coefficient (Wildman–Crippen LogP) is 8.61. The van der Waals surface area contributed by atoms with E-state index in [1.165, 1.54) is 0 Å². The smallest absolute Gasteiger partial charge is 0.230 e. The van der Waals surface area contributed by atoms with Crippen LogP contribution in [0.1, 0.15) is 159 Å². The van der Waals surface area contributed by atoms with Crippen molar-refractivity contribution in [1.29, 1.82) is 0 Å². The minimum absolute atomic E-state index is 0.0896. The molecule has 1 aliphatic heterocycles. The first-order valence-electron chi connectivity index (χ1n) is 18.3. The van der Waals surface area contributed by atoms with E-state index in [0.717, 1.165) is 128 Å². The summed E-state index contributed by atoms with van der Waals surface area (Å²) in [6, 6.07) is 0.369. The standard InChI is InChI=1S/C36H71N7O/c1-13-20-24-41(23-16-4)32-37-31(38-33(39-32)42(25-21-14-2)26-22-15-3)36(18-6,19-7)40(12)30-28-34(8,9)43(44-27-17-5)35(10,11)29-30/h30H,13-29H2,1-12H3. The molecule has 1 aromatic heterocycles. The van der Waals surface area contributed by atoms with Gasteiger partial charge in [0.1, 0.15) is 0 Å².